The van der Waals surface area contributed by atoms with Crippen LogP contribution >= 0.6 is 15.9 Å². The van der Waals surface area contributed by atoms with E-state index in [4.69, 9.17) is 0 Å². The number of fused-ring (bicyclic) bond motifs is 1. The van der Waals surface area contributed by atoms with Gasteiger partial charge in [0.1, 0.15) is 0 Å². The third kappa shape index (κ3) is 1.52. The van der Waals surface area contributed by atoms with Gasteiger partial charge in [-0.05, 0) is 28.1 Å². The van der Waals surface area contributed by atoms with Crippen LogP contribution in [-0.2, 0) is 0 Å². The van der Waals surface area contributed by atoms with E-state index in [-0.39, 0.29) is 10.4 Å². The number of benzene rings is 1. The molecule has 76 valence electrons. The molecule has 5 nitrogen and oxygen atoms in total. The molecule has 0 spiro atoms. The molecule has 0 saturated heterocycles. The SMILES string of the molecule is O=[N+]([O-])c1c(Br)nc2ccccc2c1O. The number of nitro groups is 1. The van der Waals surface area contributed by atoms with E-state index >= 15 is 0 Å². The van der Waals surface area contributed by atoms with Gasteiger partial charge < -0.3 is 5.11 Å². The zero-order chi connectivity index (χ0) is 11.0. The summed E-state index contributed by atoms with van der Waals surface area (Å²) in [4.78, 5) is 14.0. The largest absolute Gasteiger partial charge is 0.502 e. The standard InChI is InChI=1S/C9H5BrN2O3/c10-9-7(12(14)15)8(13)5-3-1-2-4-6(5)11-9/h1-4H,(H,11,13). The second-order valence-corrected chi connectivity index (χ2v) is 3.63. The van der Waals surface area contributed by atoms with Gasteiger partial charge in [0.15, 0.2) is 4.60 Å². The van der Waals surface area contributed by atoms with Crippen molar-refractivity contribution < 1.29 is 10.0 Å². The monoisotopic (exact) mass is 268 g/mol. The molecule has 1 N–H and O–H groups in total. The second kappa shape index (κ2) is 3.47. The molecule has 0 fully saturated rings. The van der Waals surface area contributed by atoms with Crippen molar-refractivity contribution in [2.75, 3.05) is 0 Å². The van der Waals surface area contributed by atoms with Crippen molar-refractivity contribution in [1.82, 2.24) is 4.98 Å². The molecule has 0 bridgehead atoms. The Morgan fingerprint density at radius 3 is 2.73 bits per heavy atom. The van der Waals surface area contributed by atoms with Crippen LogP contribution in [0.5, 0.6) is 5.75 Å². The molecule has 0 aliphatic carbocycles. The summed E-state index contributed by atoms with van der Waals surface area (Å²) in [5.41, 5.74) is 0.0983. The molecule has 6 heteroatoms. The molecule has 0 amide bonds. The zero-order valence-electron chi connectivity index (χ0n) is 7.35. The van der Waals surface area contributed by atoms with Gasteiger partial charge in [-0.2, -0.15) is 0 Å². The molecule has 15 heavy (non-hydrogen) atoms. The van der Waals surface area contributed by atoms with E-state index in [1.54, 1.807) is 24.3 Å². The summed E-state index contributed by atoms with van der Waals surface area (Å²) < 4.78 is 0.0312. The lowest BCUT2D eigenvalue weighted by atomic mass is 10.2. The van der Waals surface area contributed by atoms with Gasteiger partial charge >= 0.3 is 5.69 Å². The topological polar surface area (TPSA) is 76.3 Å². The minimum Gasteiger partial charge on any atom is -0.502 e. The number of para-hydroxylation sites is 1. The average Bonchev–Trinajstić information content (AvgIpc) is 2.17. The average molecular weight is 269 g/mol. The molecule has 0 aliphatic heterocycles. The van der Waals surface area contributed by atoms with Gasteiger partial charge in [0.2, 0.25) is 5.75 Å². The van der Waals surface area contributed by atoms with Crippen LogP contribution in [0.3, 0.4) is 0 Å². The molecular weight excluding hydrogens is 264 g/mol. The summed E-state index contributed by atoms with van der Waals surface area (Å²) >= 11 is 2.96. The van der Waals surface area contributed by atoms with Crippen LogP contribution in [0.1, 0.15) is 0 Å². The Kier molecular flexibility index (Phi) is 2.28. The highest BCUT2D eigenvalue weighted by molar-refractivity contribution is 9.10. The molecule has 0 unspecified atom stereocenters. The number of aromatic hydroxyl groups is 1. The van der Waals surface area contributed by atoms with Gasteiger partial charge in [-0.1, -0.05) is 12.1 Å². The number of nitrogens with zero attached hydrogens (tertiary/aromatic N) is 2. The Bertz CT molecular complexity index is 556. The Hall–Kier alpha value is -1.69. The maximum absolute atomic E-state index is 10.7. The molecule has 1 aromatic carbocycles. The van der Waals surface area contributed by atoms with Crippen molar-refractivity contribution in [2.24, 2.45) is 0 Å². The van der Waals surface area contributed by atoms with Gasteiger partial charge in [0.05, 0.1) is 10.4 Å². The Labute approximate surface area is 92.6 Å². The predicted octanol–water partition coefficient (Wildman–Crippen LogP) is 2.61. The maximum atomic E-state index is 10.7. The third-order valence-corrected chi connectivity index (χ3v) is 2.53. The summed E-state index contributed by atoms with van der Waals surface area (Å²) in [6.45, 7) is 0. The fourth-order valence-electron chi connectivity index (χ4n) is 1.32. The van der Waals surface area contributed by atoms with Crippen LogP contribution in [0.4, 0.5) is 5.69 Å². The van der Waals surface area contributed by atoms with Crippen molar-refractivity contribution in [3.8, 4) is 5.75 Å². The molecule has 2 rings (SSSR count). The van der Waals surface area contributed by atoms with E-state index in [9.17, 15) is 15.2 Å². The van der Waals surface area contributed by atoms with Crippen LogP contribution in [0, 0.1) is 10.1 Å². The molecule has 0 saturated carbocycles. The predicted molar refractivity (Wildman–Crippen MR) is 57.8 cm³/mol. The van der Waals surface area contributed by atoms with Crippen molar-refractivity contribution in [1.29, 1.82) is 0 Å². The quantitative estimate of drug-likeness (QED) is 0.490. The fraction of sp³-hybridized carbons (Fsp3) is 0. The molecular formula is C9H5BrN2O3. The summed E-state index contributed by atoms with van der Waals surface area (Å²) in [6, 6.07) is 6.68. The van der Waals surface area contributed by atoms with Crippen LogP contribution < -0.4 is 0 Å². The van der Waals surface area contributed by atoms with Gasteiger partial charge in [-0.15, -0.1) is 0 Å². The van der Waals surface area contributed by atoms with E-state index in [0.717, 1.165) is 0 Å². The first-order valence-corrected chi connectivity index (χ1v) is 4.82. The Morgan fingerprint density at radius 2 is 2.07 bits per heavy atom. The van der Waals surface area contributed by atoms with Gasteiger partial charge in [0, 0.05) is 5.39 Å². The first-order valence-electron chi connectivity index (χ1n) is 4.03. The molecule has 0 atom stereocenters. The lowest BCUT2D eigenvalue weighted by Gasteiger charge is -2.02. The molecule has 1 heterocycles. The Balaban J connectivity index is 2.90. The normalized spacial score (nSPS) is 10.5. The summed E-state index contributed by atoms with van der Waals surface area (Å²) in [5, 5.41) is 20.7. The van der Waals surface area contributed by atoms with Crippen molar-refractivity contribution in [3.63, 3.8) is 0 Å². The van der Waals surface area contributed by atoms with Crippen molar-refractivity contribution in [2.45, 2.75) is 0 Å². The fourth-order valence-corrected chi connectivity index (χ4v) is 1.84. The van der Waals surface area contributed by atoms with E-state index in [1.807, 2.05) is 0 Å². The van der Waals surface area contributed by atoms with Gasteiger partial charge in [0.25, 0.3) is 0 Å². The lowest BCUT2D eigenvalue weighted by molar-refractivity contribution is -0.386. The van der Waals surface area contributed by atoms with Gasteiger partial charge in [-0.3, -0.25) is 10.1 Å². The van der Waals surface area contributed by atoms with E-state index in [2.05, 4.69) is 20.9 Å². The number of halogens is 1. The summed E-state index contributed by atoms with van der Waals surface area (Å²) in [5.74, 6) is -0.363. The highest BCUT2D eigenvalue weighted by atomic mass is 79.9. The minimum atomic E-state index is -0.668. The van der Waals surface area contributed by atoms with Gasteiger partial charge in [-0.25, -0.2) is 4.98 Å². The van der Waals surface area contributed by atoms with Crippen LogP contribution in [0.25, 0.3) is 10.9 Å². The van der Waals surface area contributed by atoms with E-state index in [0.29, 0.717) is 10.9 Å². The van der Waals surface area contributed by atoms with Crippen molar-refractivity contribution in [3.05, 3.63) is 39.0 Å². The smallest absolute Gasteiger partial charge is 0.343 e. The van der Waals surface area contributed by atoms with Crippen LogP contribution in [0.2, 0.25) is 0 Å². The van der Waals surface area contributed by atoms with Crippen LogP contribution in [0.15, 0.2) is 28.9 Å². The number of rotatable bonds is 1. The van der Waals surface area contributed by atoms with E-state index in [1.165, 1.54) is 0 Å². The van der Waals surface area contributed by atoms with Crippen LogP contribution in [-0.4, -0.2) is 15.0 Å². The first-order chi connectivity index (χ1) is 7.11. The highest BCUT2D eigenvalue weighted by Gasteiger charge is 2.22. The zero-order valence-corrected chi connectivity index (χ0v) is 8.93. The van der Waals surface area contributed by atoms with Crippen molar-refractivity contribution >= 4 is 32.5 Å². The number of pyridine rings is 1. The first kappa shape index (κ1) is 9.85. The number of hydrogen-bond acceptors (Lipinski definition) is 4. The van der Waals surface area contributed by atoms with E-state index < -0.39 is 10.6 Å². The number of hydrogen-bond donors (Lipinski definition) is 1. The second-order valence-electron chi connectivity index (χ2n) is 2.87. The molecule has 1 aromatic heterocycles. The minimum absolute atomic E-state index is 0.0312. The third-order valence-electron chi connectivity index (χ3n) is 1.98. The molecule has 0 aliphatic rings. The molecule has 0 radical (unpaired) electrons. The Morgan fingerprint density at radius 1 is 1.40 bits per heavy atom. The highest BCUT2D eigenvalue weighted by Crippen LogP contribution is 2.37. The lowest BCUT2D eigenvalue weighted by Crippen LogP contribution is -1.93. The summed E-state index contributed by atoms with van der Waals surface area (Å²) in [6.07, 6.45) is 0. The maximum Gasteiger partial charge on any atom is 0.343 e. The summed E-state index contributed by atoms with van der Waals surface area (Å²) in [7, 11) is 0. The number of aromatic nitrogens is 1. The molecule has 2 aromatic rings.